The van der Waals surface area contributed by atoms with Crippen molar-refractivity contribution in [3.63, 3.8) is 0 Å². The second kappa shape index (κ2) is 5.30. The first-order chi connectivity index (χ1) is 9.00. The number of carboxylic acid groups (broad SMARTS) is 1. The van der Waals surface area contributed by atoms with Gasteiger partial charge in [0.2, 0.25) is 0 Å². The number of para-hydroxylation sites is 1. The van der Waals surface area contributed by atoms with Gasteiger partial charge in [-0.1, -0.05) is 25.1 Å². The van der Waals surface area contributed by atoms with E-state index in [4.69, 9.17) is 5.11 Å². The molecule has 5 heteroatoms. The summed E-state index contributed by atoms with van der Waals surface area (Å²) in [5.41, 5.74) is 0.805. The molecular weight excluding hydrogens is 244 g/mol. The normalized spacial score (nSPS) is 22.3. The van der Waals surface area contributed by atoms with Crippen LogP contribution in [0.4, 0.5) is 10.5 Å². The SMILES string of the molecule is C[C@@H]1CN(C(=O)N(C)c2ccccc2)C[C@H]1C(=O)O. The molecule has 1 aromatic carbocycles. The minimum Gasteiger partial charge on any atom is -0.481 e. The van der Waals surface area contributed by atoms with Crippen LogP contribution in [-0.4, -0.2) is 42.1 Å². The Morgan fingerprint density at radius 2 is 1.89 bits per heavy atom. The van der Waals surface area contributed by atoms with Gasteiger partial charge in [0, 0.05) is 25.8 Å². The number of urea groups is 1. The van der Waals surface area contributed by atoms with Crippen LogP contribution in [0.1, 0.15) is 6.92 Å². The number of amides is 2. The Labute approximate surface area is 112 Å². The van der Waals surface area contributed by atoms with Crippen molar-refractivity contribution in [1.29, 1.82) is 0 Å². The number of rotatable bonds is 2. The van der Waals surface area contributed by atoms with Gasteiger partial charge in [0.05, 0.1) is 5.92 Å². The van der Waals surface area contributed by atoms with Crippen LogP contribution in [0.2, 0.25) is 0 Å². The molecule has 0 bridgehead atoms. The van der Waals surface area contributed by atoms with Crippen molar-refractivity contribution in [3.8, 4) is 0 Å². The topological polar surface area (TPSA) is 60.9 Å². The van der Waals surface area contributed by atoms with Crippen LogP contribution < -0.4 is 4.90 Å². The maximum absolute atomic E-state index is 12.3. The van der Waals surface area contributed by atoms with Gasteiger partial charge in [0.25, 0.3) is 0 Å². The summed E-state index contributed by atoms with van der Waals surface area (Å²) in [6.07, 6.45) is 0. The summed E-state index contributed by atoms with van der Waals surface area (Å²) >= 11 is 0. The first kappa shape index (κ1) is 13.4. The van der Waals surface area contributed by atoms with Gasteiger partial charge in [-0.15, -0.1) is 0 Å². The fourth-order valence-corrected chi connectivity index (χ4v) is 2.42. The average molecular weight is 262 g/mol. The van der Waals surface area contributed by atoms with Gasteiger partial charge in [-0.25, -0.2) is 4.79 Å². The van der Waals surface area contributed by atoms with E-state index in [2.05, 4.69) is 0 Å². The second-order valence-corrected chi connectivity index (χ2v) is 5.00. The average Bonchev–Trinajstić information content (AvgIpc) is 2.80. The highest BCUT2D eigenvalue weighted by atomic mass is 16.4. The van der Waals surface area contributed by atoms with Gasteiger partial charge in [-0.3, -0.25) is 9.69 Å². The lowest BCUT2D eigenvalue weighted by Crippen LogP contribution is -2.40. The van der Waals surface area contributed by atoms with Gasteiger partial charge in [-0.05, 0) is 18.1 Å². The molecule has 0 radical (unpaired) electrons. The summed E-state index contributed by atoms with van der Waals surface area (Å²) in [5.74, 6) is -1.30. The van der Waals surface area contributed by atoms with Gasteiger partial charge in [-0.2, -0.15) is 0 Å². The van der Waals surface area contributed by atoms with E-state index in [0.717, 1.165) is 5.69 Å². The third kappa shape index (κ3) is 2.70. The summed E-state index contributed by atoms with van der Waals surface area (Å²) in [4.78, 5) is 26.5. The summed E-state index contributed by atoms with van der Waals surface area (Å²) in [6, 6.07) is 9.18. The predicted molar refractivity (Wildman–Crippen MR) is 72.1 cm³/mol. The van der Waals surface area contributed by atoms with E-state index in [1.807, 2.05) is 37.3 Å². The highest BCUT2D eigenvalue weighted by Gasteiger charge is 2.37. The molecular formula is C14H18N2O3. The number of carbonyl (C=O) groups excluding carboxylic acids is 1. The van der Waals surface area contributed by atoms with Crippen molar-refractivity contribution in [2.45, 2.75) is 6.92 Å². The first-order valence-corrected chi connectivity index (χ1v) is 6.31. The minimum atomic E-state index is -0.829. The molecule has 19 heavy (non-hydrogen) atoms. The first-order valence-electron chi connectivity index (χ1n) is 6.31. The fourth-order valence-electron chi connectivity index (χ4n) is 2.42. The molecule has 0 saturated carbocycles. The fraction of sp³-hybridized carbons (Fsp3) is 0.429. The lowest BCUT2D eigenvalue weighted by atomic mass is 9.99. The molecule has 1 heterocycles. The quantitative estimate of drug-likeness (QED) is 0.885. The number of carboxylic acids is 1. The van der Waals surface area contributed by atoms with Crippen molar-refractivity contribution >= 4 is 17.7 Å². The van der Waals surface area contributed by atoms with Crippen molar-refractivity contribution in [1.82, 2.24) is 4.90 Å². The molecule has 0 unspecified atom stereocenters. The molecule has 1 fully saturated rings. The lowest BCUT2D eigenvalue weighted by molar-refractivity contribution is -0.142. The van der Waals surface area contributed by atoms with E-state index in [0.29, 0.717) is 6.54 Å². The predicted octanol–water partition coefficient (Wildman–Crippen LogP) is 1.90. The molecule has 5 nitrogen and oxygen atoms in total. The summed E-state index contributed by atoms with van der Waals surface area (Å²) in [7, 11) is 1.70. The molecule has 102 valence electrons. The zero-order valence-corrected chi connectivity index (χ0v) is 11.1. The van der Waals surface area contributed by atoms with Crippen LogP contribution >= 0.6 is 0 Å². The van der Waals surface area contributed by atoms with Gasteiger partial charge >= 0.3 is 12.0 Å². The van der Waals surface area contributed by atoms with Crippen LogP contribution in [-0.2, 0) is 4.79 Å². The number of anilines is 1. The van der Waals surface area contributed by atoms with E-state index in [-0.39, 0.29) is 18.5 Å². The number of benzene rings is 1. The van der Waals surface area contributed by atoms with Crippen LogP contribution in [0.5, 0.6) is 0 Å². The lowest BCUT2D eigenvalue weighted by Gasteiger charge is -2.24. The number of hydrogen-bond acceptors (Lipinski definition) is 2. The molecule has 1 N–H and O–H groups in total. The summed E-state index contributed by atoms with van der Waals surface area (Å²) in [6.45, 7) is 2.65. The van der Waals surface area contributed by atoms with Crippen LogP contribution in [0.15, 0.2) is 30.3 Å². The highest BCUT2D eigenvalue weighted by Crippen LogP contribution is 2.25. The van der Waals surface area contributed by atoms with Gasteiger partial charge in [0.1, 0.15) is 0 Å². The van der Waals surface area contributed by atoms with Crippen LogP contribution in [0.25, 0.3) is 0 Å². The third-order valence-corrected chi connectivity index (χ3v) is 3.63. The Hall–Kier alpha value is -2.04. The van der Waals surface area contributed by atoms with Crippen LogP contribution in [0.3, 0.4) is 0 Å². The molecule has 1 saturated heterocycles. The zero-order valence-electron chi connectivity index (χ0n) is 11.1. The molecule has 0 spiro atoms. The van der Waals surface area contributed by atoms with E-state index < -0.39 is 11.9 Å². The third-order valence-electron chi connectivity index (χ3n) is 3.63. The molecule has 2 rings (SSSR count). The Bertz CT molecular complexity index is 475. The minimum absolute atomic E-state index is 0.00868. The maximum Gasteiger partial charge on any atom is 0.324 e. The molecule has 1 aromatic rings. The number of nitrogens with zero attached hydrogens (tertiary/aromatic N) is 2. The number of carbonyl (C=O) groups is 2. The maximum atomic E-state index is 12.3. The summed E-state index contributed by atoms with van der Waals surface area (Å²) < 4.78 is 0. The molecule has 2 atom stereocenters. The number of aliphatic carboxylic acids is 1. The van der Waals surface area contributed by atoms with E-state index in [1.165, 1.54) is 0 Å². The molecule has 0 aliphatic carbocycles. The van der Waals surface area contributed by atoms with Crippen molar-refractivity contribution in [2.75, 3.05) is 25.0 Å². The Morgan fingerprint density at radius 1 is 1.26 bits per heavy atom. The Kier molecular flexibility index (Phi) is 3.74. The zero-order chi connectivity index (χ0) is 14.0. The molecule has 1 aliphatic heterocycles. The largest absolute Gasteiger partial charge is 0.481 e. The Balaban J connectivity index is 2.07. The van der Waals surface area contributed by atoms with E-state index in [1.54, 1.807) is 16.8 Å². The standard InChI is InChI=1S/C14H18N2O3/c1-10-8-16(9-12(10)13(17)18)14(19)15(2)11-6-4-3-5-7-11/h3-7,10,12H,8-9H2,1-2H3,(H,17,18)/t10-,12-/m1/s1. The summed E-state index contributed by atoms with van der Waals surface area (Å²) in [5, 5.41) is 9.09. The smallest absolute Gasteiger partial charge is 0.324 e. The number of hydrogen-bond donors (Lipinski definition) is 1. The Morgan fingerprint density at radius 3 is 2.42 bits per heavy atom. The van der Waals surface area contributed by atoms with Crippen molar-refractivity contribution in [3.05, 3.63) is 30.3 Å². The molecule has 0 aromatic heterocycles. The van der Waals surface area contributed by atoms with E-state index in [9.17, 15) is 9.59 Å². The van der Waals surface area contributed by atoms with E-state index >= 15 is 0 Å². The second-order valence-electron chi connectivity index (χ2n) is 5.00. The van der Waals surface area contributed by atoms with Crippen molar-refractivity contribution < 1.29 is 14.7 Å². The number of likely N-dealkylation sites (tertiary alicyclic amines) is 1. The monoisotopic (exact) mass is 262 g/mol. The van der Waals surface area contributed by atoms with Crippen LogP contribution in [0, 0.1) is 11.8 Å². The van der Waals surface area contributed by atoms with Gasteiger partial charge < -0.3 is 10.0 Å². The van der Waals surface area contributed by atoms with Crippen molar-refractivity contribution in [2.24, 2.45) is 11.8 Å². The molecule has 2 amide bonds. The molecule has 1 aliphatic rings. The van der Waals surface area contributed by atoms with Gasteiger partial charge in [0.15, 0.2) is 0 Å². The highest BCUT2D eigenvalue weighted by molar-refractivity contribution is 5.92.